The first kappa shape index (κ1) is 19.9. The number of aliphatic hydroxyl groups is 1. The van der Waals surface area contributed by atoms with Crippen LogP contribution in [0.4, 0.5) is 0 Å². The van der Waals surface area contributed by atoms with Crippen molar-refractivity contribution in [1.82, 2.24) is 9.62 Å². The summed E-state index contributed by atoms with van der Waals surface area (Å²) in [6, 6.07) is 4.91. The van der Waals surface area contributed by atoms with Crippen LogP contribution in [0.5, 0.6) is 0 Å². The number of benzene rings is 1. The van der Waals surface area contributed by atoms with E-state index in [-0.39, 0.29) is 21.5 Å². The molecule has 0 unspecified atom stereocenters. The maximum atomic E-state index is 12.3. The predicted octanol–water partition coefficient (Wildman–Crippen LogP) is 2.90. The molecule has 0 saturated carbocycles. The molecule has 24 heavy (non-hydrogen) atoms. The number of halogens is 2. The summed E-state index contributed by atoms with van der Waals surface area (Å²) in [7, 11) is -3.81. The monoisotopic (exact) mass is 394 g/mol. The smallest absolute Gasteiger partial charge is 0.242 e. The van der Waals surface area contributed by atoms with E-state index in [1.165, 1.54) is 24.6 Å². The largest absolute Gasteiger partial charge is 0.390 e. The summed E-state index contributed by atoms with van der Waals surface area (Å²) in [4.78, 5) is 2.17. The summed E-state index contributed by atoms with van der Waals surface area (Å²) in [5.41, 5.74) is 0. The van der Waals surface area contributed by atoms with Crippen molar-refractivity contribution in [3.05, 3.63) is 28.2 Å². The Morgan fingerprint density at radius 1 is 1.38 bits per heavy atom. The van der Waals surface area contributed by atoms with Gasteiger partial charge in [0, 0.05) is 19.1 Å². The van der Waals surface area contributed by atoms with Crippen molar-refractivity contribution in [2.75, 3.05) is 19.6 Å². The second kappa shape index (κ2) is 8.83. The van der Waals surface area contributed by atoms with Crippen LogP contribution in [0.1, 0.15) is 32.6 Å². The van der Waals surface area contributed by atoms with Crippen molar-refractivity contribution >= 4 is 33.2 Å². The lowest BCUT2D eigenvalue weighted by atomic mass is 9.99. The van der Waals surface area contributed by atoms with Crippen LogP contribution >= 0.6 is 23.2 Å². The molecule has 0 aromatic heterocycles. The van der Waals surface area contributed by atoms with Crippen LogP contribution < -0.4 is 4.72 Å². The van der Waals surface area contributed by atoms with Crippen LogP contribution in [0.15, 0.2) is 23.1 Å². The summed E-state index contributed by atoms with van der Waals surface area (Å²) in [6.07, 6.45) is 3.73. The number of nitrogens with one attached hydrogen (secondary N) is 1. The van der Waals surface area contributed by atoms with E-state index < -0.39 is 16.1 Å². The summed E-state index contributed by atoms with van der Waals surface area (Å²) in [5, 5.41) is 10.4. The van der Waals surface area contributed by atoms with Crippen molar-refractivity contribution in [1.29, 1.82) is 0 Å². The summed E-state index contributed by atoms with van der Waals surface area (Å²) >= 11 is 11.8. The average molecular weight is 395 g/mol. The molecule has 1 aromatic carbocycles. The predicted molar refractivity (Wildman–Crippen MR) is 97.2 cm³/mol. The Bertz CT molecular complexity index is 655. The van der Waals surface area contributed by atoms with Gasteiger partial charge in [0.15, 0.2) is 0 Å². The molecular formula is C16H24Cl2N2O3S. The van der Waals surface area contributed by atoms with E-state index in [0.717, 1.165) is 25.8 Å². The molecule has 1 heterocycles. The third-order valence-corrected chi connectivity index (χ3v) is 6.78. The normalized spacial score (nSPS) is 20.9. The highest BCUT2D eigenvalue weighted by atomic mass is 35.5. The number of hydrogen-bond donors (Lipinski definition) is 2. The van der Waals surface area contributed by atoms with Crippen LogP contribution in [0, 0.1) is 0 Å². The van der Waals surface area contributed by atoms with Gasteiger partial charge >= 0.3 is 0 Å². The number of hydrogen-bond acceptors (Lipinski definition) is 4. The summed E-state index contributed by atoms with van der Waals surface area (Å²) in [5.74, 6) is 0. The molecule has 0 bridgehead atoms. The van der Waals surface area contributed by atoms with Gasteiger partial charge in [0.05, 0.1) is 16.1 Å². The Labute approximate surface area is 154 Å². The number of piperidine rings is 1. The van der Waals surface area contributed by atoms with Gasteiger partial charge < -0.3 is 5.11 Å². The van der Waals surface area contributed by atoms with Gasteiger partial charge in [-0.15, -0.1) is 0 Å². The van der Waals surface area contributed by atoms with Crippen molar-refractivity contribution in [2.24, 2.45) is 0 Å². The number of nitrogens with zero attached hydrogens (tertiary/aromatic N) is 1. The topological polar surface area (TPSA) is 69.6 Å². The first-order chi connectivity index (χ1) is 11.3. The number of rotatable bonds is 7. The van der Waals surface area contributed by atoms with Gasteiger partial charge in [-0.1, -0.05) is 42.6 Å². The molecule has 0 aliphatic carbocycles. The Kier molecular flexibility index (Phi) is 7.34. The van der Waals surface area contributed by atoms with Crippen LogP contribution in [-0.2, 0) is 10.0 Å². The second-order valence-corrected chi connectivity index (χ2v) is 8.63. The van der Waals surface area contributed by atoms with Gasteiger partial charge in [-0.05, 0) is 37.9 Å². The average Bonchev–Trinajstić information content (AvgIpc) is 2.56. The number of aliphatic hydroxyl groups excluding tert-OH is 1. The van der Waals surface area contributed by atoms with Crippen LogP contribution in [0.3, 0.4) is 0 Å². The highest BCUT2D eigenvalue weighted by Gasteiger charge is 2.25. The van der Waals surface area contributed by atoms with Crippen molar-refractivity contribution in [2.45, 2.75) is 49.6 Å². The molecule has 136 valence electrons. The zero-order valence-corrected chi connectivity index (χ0v) is 16.0. The van der Waals surface area contributed by atoms with E-state index in [4.69, 9.17) is 23.2 Å². The third-order valence-electron chi connectivity index (χ3n) is 4.38. The highest BCUT2D eigenvalue weighted by molar-refractivity contribution is 7.89. The van der Waals surface area contributed by atoms with E-state index in [1.807, 2.05) is 0 Å². The van der Waals surface area contributed by atoms with Gasteiger partial charge in [-0.3, -0.25) is 4.90 Å². The molecule has 8 heteroatoms. The van der Waals surface area contributed by atoms with Crippen molar-refractivity contribution in [3.63, 3.8) is 0 Å². The molecule has 1 aliphatic rings. The van der Waals surface area contributed by atoms with Crippen molar-refractivity contribution in [3.8, 4) is 0 Å². The molecule has 1 aromatic rings. The van der Waals surface area contributed by atoms with Gasteiger partial charge in [0.1, 0.15) is 4.90 Å². The number of β-amino-alcohol motifs (C(OH)–C–C–N with tert-alkyl or cyclic N) is 1. The maximum absolute atomic E-state index is 12.3. The Balaban J connectivity index is 1.95. The quantitative estimate of drug-likeness (QED) is 0.745. The molecule has 1 saturated heterocycles. The number of sulfonamides is 1. The van der Waals surface area contributed by atoms with E-state index >= 15 is 0 Å². The maximum Gasteiger partial charge on any atom is 0.242 e. The minimum atomic E-state index is -3.81. The fourth-order valence-corrected chi connectivity index (χ4v) is 4.91. The summed E-state index contributed by atoms with van der Waals surface area (Å²) < 4.78 is 27.1. The first-order valence-electron chi connectivity index (χ1n) is 8.21. The van der Waals surface area contributed by atoms with Gasteiger partial charge in [0.2, 0.25) is 10.0 Å². The van der Waals surface area contributed by atoms with E-state index in [1.54, 1.807) is 0 Å². The van der Waals surface area contributed by atoms with Gasteiger partial charge in [0.25, 0.3) is 0 Å². The standard InChI is InChI=1S/C16H24Cl2N2O3S/c1-2-12-6-3-4-9-20(12)11-13(21)10-19-24(22,23)15-8-5-7-14(17)16(15)18/h5,7-8,12-13,19,21H,2-4,6,9-11H2,1H3/t12-,13-/m0/s1. The molecule has 2 N–H and O–H groups in total. The van der Waals surface area contributed by atoms with Gasteiger partial charge in [-0.2, -0.15) is 0 Å². The first-order valence-corrected chi connectivity index (χ1v) is 10.4. The molecule has 2 atom stereocenters. The Hall–Kier alpha value is -0.370. The van der Waals surface area contributed by atoms with Crippen LogP contribution in [0.2, 0.25) is 10.0 Å². The molecule has 0 spiro atoms. The zero-order chi connectivity index (χ0) is 17.7. The molecular weight excluding hydrogens is 371 g/mol. The van der Waals surface area contributed by atoms with E-state index in [9.17, 15) is 13.5 Å². The lowest BCUT2D eigenvalue weighted by molar-refractivity contribution is 0.0683. The zero-order valence-electron chi connectivity index (χ0n) is 13.7. The SMILES string of the molecule is CC[C@H]1CCCCN1C[C@@H](O)CNS(=O)(=O)c1cccc(Cl)c1Cl. The Morgan fingerprint density at radius 3 is 2.83 bits per heavy atom. The third kappa shape index (κ3) is 5.07. The fraction of sp³-hybridized carbons (Fsp3) is 0.625. The molecule has 5 nitrogen and oxygen atoms in total. The fourth-order valence-electron chi connectivity index (χ4n) is 3.07. The minimum absolute atomic E-state index is 0.0109. The number of likely N-dealkylation sites (tertiary alicyclic amines) is 1. The van der Waals surface area contributed by atoms with Gasteiger partial charge in [-0.25, -0.2) is 13.1 Å². The molecule has 2 rings (SSSR count). The molecule has 1 fully saturated rings. The minimum Gasteiger partial charge on any atom is -0.390 e. The van der Waals surface area contributed by atoms with Crippen molar-refractivity contribution < 1.29 is 13.5 Å². The summed E-state index contributed by atoms with van der Waals surface area (Å²) in [6.45, 7) is 3.49. The van der Waals surface area contributed by atoms with Crippen LogP contribution in [-0.4, -0.2) is 50.2 Å². The molecule has 0 radical (unpaired) electrons. The van der Waals surface area contributed by atoms with Crippen LogP contribution in [0.25, 0.3) is 0 Å². The van der Waals surface area contributed by atoms with E-state index in [2.05, 4.69) is 16.5 Å². The van der Waals surface area contributed by atoms with E-state index in [0.29, 0.717) is 12.6 Å². The molecule has 0 amide bonds. The Morgan fingerprint density at radius 2 is 2.12 bits per heavy atom. The lowest BCUT2D eigenvalue weighted by Crippen LogP contribution is -2.46. The molecule has 1 aliphatic heterocycles. The highest BCUT2D eigenvalue weighted by Crippen LogP contribution is 2.28. The second-order valence-electron chi connectivity index (χ2n) is 6.11. The lowest BCUT2D eigenvalue weighted by Gasteiger charge is -2.36.